The van der Waals surface area contributed by atoms with Crippen molar-refractivity contribution in [2.45, 2.75) is 91.6 Å². The fraction of sp³-hybridized carbons (Fsp3) is 0.581. The van der Waals surface area contributed by atoms with E-state index in [0.29, 0.717) is 5.88 Å². The quantitative estimate of drug-likeness (QED) is 0.344. The standard InChI is InChI=1S/C31H39N3O5S/c1-19-6-11-24(20(2)16-19)29(36)34(21-7-9-22(10-8-21)39-27-13-12-26(35)32-33-27)25-17-23(14-15-31(3,4)5)40-28(25)30-37-18-38-30/h6,12-13,17,20-22,24,30H,7-11,16,18H2,1-5H3,(H,32,35)/t20-,21?,22?,24-/m0/s1. The highest BCUT2D eigenvalue weighted by Crippen LogP contribution is 2.44. The topological polar surface area (TPSA) is 93.7 Å². The van der Waals surface area contributed by atoms with E-state index in [9.17, 15) is 9.59 Å². The first kappa shape index (κ1) is 28.6. The van der Waals surface area contributed by atoms with E-state index < -0.39 is 6.29 Å². The first-order valence-electron chi connectivity index (χ1n) is 14.2. The summed E-state index contributed by atoms with van der Waals surface area (Å²) >= 11 is 1.55. The number of aromatic nitrogens is 2. The Hall–Kier alpha value is -2.93. The third-order valence-electron chi connectivity index (χ3n) is 7.77. The number of ether oxygens (including phenoxy) is 3. The number of amides is 1. The normalized spacial score (nSPS) is 25.3. The number of carbonyl (C=O) groups is 1. The summed E-state index contributed by atoms with van der Waals surface area (Å²) in [6.07, 6.45) is 6.55. The van der Waals surface area contributed by atoms with Crippen LogP contribution in [0.1, 0.15) is 89.2 Å². The minimum atomic E-state index is -0.475. The monoisotopic (exact) mass is 565 g/mol. The molecule has 2 aliphatic carbocycles. The van der Waals surface area contributed by atoms with Crippen molar-refractivity contribution in [2.24, 2.45) is 17.3 Å². The number of thiophene rings is 1. The summed E-state index contributed by atoms with van der Waals surface area (Å²) in [6, 6.07) is 5.09. The Labute approximate surface area is 240 Å². The highest BCUT2D eigenvalue weighted by Gasteiger charge is 2.40. The van der Waals surface area contributed by atoms with Gasteiger partial charge in [-0.1, -0.05) is 30.4 Å². The van der Waals surface area contributed by atoms with Crippen molar-refractivity contribution in [3.05, 3.63) is 50.0 Å². The van der Waals surface area contributed by atoms with E-state index in [2.05, 4.69) is 68.8 Å². The first-order valence-corrected chi connectivity index (χ1v) is 15.0. The molecule has 3 aliphatic rings. The van der Waals surface area contributed by atoms with Crippen LogP contribution >= 0.6 is 11.3 Å². The molecule has 1 saturated carbocycles. The van der Waals surface area contributed by atoms with Crippen LogP contribution in [0.5, 0.6) is 5.88 Å². The lowest BCUT2D eigenvalue weighted by atomic mass is 9.79. The van der Waals surface area contributed by atoms with E-state index in [1.807, 2.05) is 4.90 Å². The minimum Gasteiger partial charge on any atom is -0.473 e. The summed E-state index contributed by atoms with van der Waals surface area (Å²) in [5.74, 6) is 7.43. The lowest BCUT2D eigenvalue weighted by Crippen LogP contribution is -2.48. The van der Waals surface area contributed by atoms with Crippen molar-refractivity contribution in [3.8, 4) is 17.7 Å². The molecule has 1 saturated heterocycles. The number of hydrogen-bond acceptors (Lipinski definition) is 7. The van der Waals surface area contributed by atoms with Crippen LogP contribution in [0, 0.1) is 29.1 Å². The molecule has 9 heteroatoms. The molecule has 214 valence electrons. The zero-order valence-electron chi connectivity index (χ0n) is 24.0. The number of aromatic amines is 1. The van der Waals surface area contributed by atoms with E-state index in [-0.39, 0.29) is 47.7 Å². The van der Waals surface area contributed by atoms with Gasteiger partial charge in [0.15, 0.2) is 13.1 Å². The van der Waals surface area contributed by atoms with Crippen LogP contribution in [0.4, 0.5) is 5.69 Å². The lowest BCUT2D eigenvalue weighted by molar-refractivity contribution is -0.325. The predicted molar refractivity (Wildman–Crippen MR) is 155 cm³/mol. The van der Waals surface area contributed by atoms with Crippen molar-refractivity contribution in [1.29, 1.82) is 0 Å². The van der Waals surface area contributed by atoms with Gasteiger partial charge in [-0.05, 0) is 78.2 Å². The molecule has 0 radical (unpaired) electrons. The van der Waals surface area contributed by atoms with Crippen LogP contribution in [0.25, 0.3) is 0 Å². The molecule has 0 aromatic carbocycles. The maximum atomic E-state index is 14.4. The van der Waals surface area contributed by atoms with Gasteiger partial charge in [0, 0.05) is 29.5 Å². The van der Waals surface area contributed by atoms with E-state index in [4.69, 9.17) is 14.2 Å². The van der Waals surface area contributed by atoms with Crippen molar-refractivity contribution >= 4 is 22.9 Å². The van der Waals surface area contributed by atoms with Crippen molar-refractivity contribution in [1.82, 2.24) is 10.2 Å². The molecule has 8 nitrogen and oxygen atoms in total. The molecule has 2 aromatic rings. The molecule has 1 amide bonds. The van der Waals surface area contributed by atoms with Gasteiger partial charge >= 0.3 is 0 Å². The van der Waals surface area contributed by atoms with Crippen LogP contribution in [0.2, 0.25) is 0 Å². The molecule has 5 rings (SSSR count). The second-order valence-electron chi connectivity index (χ2n) is 12.2. The summed E-state index contributed by atoms with van der Waals surface area (Å²) in [7, 11) is 0. The SMILES string of the molecule is CC1=CC[C@H](C(=O)N(c2cc(C#CC(C)(C)C)sc2C2OCO2)C2CCC(Oc3ccc(=O)[nH]n3)CC2)[C@@H](C)C1. The average molecular weight is 566 g/mol. The van der Waals surface area contributed by atoms with Crippen LogP contribution in [0.3, 0.4) is 0 Å². The number of anilines is 1. The molecule has 2 atom stereocenters. The minimum absolute atomic E-state index is 0.0203. The molecular formula is C31H39N3O5S. The molecule has 40 heavy (non-hydrogen) atoms. The molecule has 1 N–H and O–H groups in total. The number of nitrogens with one attached hydrogen (secondary N) is 1. The maximum absolute atomic E-state index is 14.4. The Kier molecular flexibility index (Phi) is 8.50. The van der Waals surface area contributed by atoms with Gasteiger partial charge in [0.2, 0.25) is 11.8 Å². The van der Waals surface area contributed by atoms with Gasteiger partial charge in [0.05, 0.1) is 15.4 Å². The van der Waals surface area contributed by atoms with Crippen LogP contribution in [0.15, 0.2) is 34.6 Å². The number of hydrogen-bond donors (Lipinski definition) is 1. The highest BCUT2D eigenvalue weighted by atomic mass is 32.1. The van der Waals surface area contributed by atoms with Crippen molar-refractivity contribution in [2.75, 3.05) is 11.7 Å². The van der Waals surface area contributed by atoms with Crippen LogP contribution in [-0.2, 0) is 14.3 Å². The fourth-order valence-electron chi connectivity index (χ4n) is 5.65. The van der Waals surface area contributed by atoms with Gasteiger partial charge in [-0.15, -0.1) is 16.4 Å². The van der Waals surface area contributed by atoms with E-state index in [1.54, 1.807) is 17.4 Å². The maximum Gasteiger partial charge on any atom is 0.264 e. The van der Waals surface area contributed by atoms with Gasteiger partial charge in [-0.25, -0.2) is 5.10 Å². The molecule has 1 aliphatic heterocycles. The Morgan fingerprint density at radius 1 is 1.20 bits per heavy atom. The summed E-state index contributed by atoms with van der Waals surface area (Å²) in [4.78, 5) is 29.6. The first-order chi connectivity index (χ1) is 19.1. The Balaban J connectivity index is 1.44. The van der Waals surface area contributed by atoms with Crippen molar-refractivity contribution < 1.29 is 19.0 Å². The molecule has 2 aromatic heterocycles. The van der Waals surface area contributed by atoms with E-state index in [1.165, 1.54) is 11.6 Å². The summed E-state index contributed by atoms with van der Waals surface area (Å²) in [5, 5.41) is 6.42. The van der Waals surface area contributed by atoms with Gasteiger partial charge < -0.3 is 19.1 Å². The van der Waals surface area contributed by atoms with Crippen LogP contribution < -0.4 is 15.2 Å². The predicted octanol–water partition coefficient (Wildman–Crippen LogP) is 5.95. The molecule has 0 unspecified atom stereocenters. The van der Waals surface area contributed by atoms with E-state index in [0.717, 1.165) is 54.0 Å². The van der Waals surface area contributed by atoms with Crippen molar-refractivity contribution in [3.63, 3.8) is 0 Å². The molecule has 0 bridgehead atoms. The Morgan fingerprint density at radius 3 is 2.55 bits per heavy atom. The summed E-state index contributed by atoms with van der Waals surface area (Å²) < 4.78 is 17.6. The molecule has 3 heterocycles. The van der Waals surface area contributed by atoms with E-state index >= 15 is 0 Å². The van der Waals surface area contributed by atoms with Gasteiger partial charge in [0.1, 0.15) is 6.10 Å². The summed E-state index contributed by atoms with van der Waals surface area (Å²) in [6.45, 7) is 10.9. The highest BCUT2D eigenvalue weighted by molar-refractivity contribution is 7.13. The number of rotatable bonds is 6. The Morgan fingerprint density at radius 2 is 1.95 bits per heavy atom. The second kappa shape index (κ2) is 11.9. The largest absolute Gasteiger partial charge is 0.473 e. The van der Waals surface area contributed by atoms with Gasteiger partial charge in [-0.2, -0.15) is 0 Å². The molecule has 2 fully saturated rings. The smallest absolute Gasteiger partial charge is 0.264 e. The molecular weight excluding hydrogens is 526 g/mol. The number of nitrogens with zero attached hydrogens (tertiary/aromatic N) is 2. The molecule has 0 spiro atoms. The number of carbonyl (C=O) groups excluding carboxylic acids is 1. The second-order valence-corrected chi connectivity index (χ2v) is 13.3. The third kappa shape index (κ3) is 6.68. The summed E-state index contributed by atoms with van der Waals surface area (Å²) in [5.41, 5.74) is 1.82. The van der Waals surface area contributed by atoms with Gasteiger partial charge in [0.25, 0.3) is 5.56 Å². The number of H-pyrrole nitrogens is 1. The zero-order chi connectivity index (χ0) is 28.4. The number of allylic oxidation sites excluding steroid dienone is 2. The van der Waals surface area contributed by atoms with Gasteiger partial charge in [-0.3, -0.25) is 9.59 Å². The third-order valence-corrected chi connectivity index (χ3v) is 8.83. The average Bonchev–Trinajstić information content (AvgIpc) is 3.27. The zero-order valence-corrected chi connectivity index (χ0v) is 24.8. The fourth-order valence-corrected chi connectivity index (χ4v) is 6.66. The Bertz CT molecular complexity index is 1350. The lowest BCUT2D eigenvalue weighted by Gasteiger charge is -2.41. The van der Waals surface area contributed by atoms with Crippen LogP contribution in [-0.4, -0.2) is 35.0 Å².